The molecule has 2 aliphatic heterocycles. The zero-order chi connectivity index (χ0) is 13.8. The predicted molar refractivity (Wildman–Crippen MR) is 81.5 cm³/mol. The summed E-state index contributed by atoms with van der Waals surface area (Å²) in [7, 11) is 2.02. The van der Waals surface area contributed by atoms with Crippen LogP contribution in [0.4, 0.5) is 0 Å². The van der Waals surface area contributed by atoms with Crippen molar-refractivity contribution in [3.63, 3.8) is 0 Å². The molecule has 105 valence electrons. The van der Waals surface area contributed by atoms with Crippen LogP contribution in [0.5, 0.6) is 0 Å². The van der Waals surface area contributed by atoms with E-state index in [2.05, 4.69) is 58.8 Å². The molecule has 2 rings (SSSR count). The van der Waals surface area contributed by atoms with Gasteiger partial charge in [0.2, 0.25) is 0 Å². The number of nitrogens with one attached hydrogen (secondary N) is 1. The Balaban J connectivity index is 2.21. The molecule has 18 heavy (non-hydrogen) atoms. The minimum Gasteiger partial charge on any atom is -0.315 e. The summed E-state index contributed by atoms with van der Waals surface area (Å²) >= 11 is 0. The van der Waals surface area contributed by atoms with E-state index in [1.165, 1.54) is 25.4 Å². The summed E-state index contributed by atoms with van der Waals surface area (Å²) in [5, 5.41) is 4.17. The number of hydrogen-bond acceptors (Lipinski definition) is 2. The highest BCUT2D eigenvalue weighted by molar-refractivity contribution is 6.64. The second kappa shape index (κ2) is 4.32. The second-order valence-corrected chi connectivity index (χ2v) is 11.7. The summed E-state index contributed by atoms with van der Waals surface area (Å²) in [6, 6.07) is 1.46. The van der Waals surface area contributed by atoms with Crippen molar-refractivity contribution in [1.29, 1.82) is 0 Å². The molecule has 0 bridgehead atoms. The number of hydrogen-bond donors (Lipinski definition) is 1. The van der Waals surface area contributed by atoms with Gasteiger partial charge in [-0.1, -0.05) is 13.8 Å². The molecule has 0 amide bonds. The highest BCUT2D eigenvalue weighted by Gasteiger charge is 2.49. The summed E-state index contributed by atoms with van der Waals surface area (Å²) < 4.78 is 0. The maximum Gasteiger partial charge on any atom is 0.0769 e. The fourth-order valence-electron chi connectivity index (χ4n) is 4.27. The first-order chi connectivity index (χ1) is 8.06. The lowest BCUT2D eigenvalue weighted by Gasteiger charge is -2.55. The van der Waals surface area contributed by atoms with Crippen LogP contribution in [0.3, 0.4) is 0 Å². The summed E-state index contributed by atoms with van der Waals surface area (Å²) in [6.07, 6.45) is 2.76. The maximum absolute atomic E-state index is 3.74. The minimum absolute atomic E-state index is 0.291. The molecule has 2 nitrogen and oxygen atoms in total. The van der Waals surface area contributed by atoms with E-state index in [0.29, 0.717) is 16.2 Å². The van der Waals surface area contributed by atoms with Crippen LogP contribution in [0.1, 0.15) is 54.4 Å². The van der Waals surface area contributed by atoms with Gasteiger partial charge in [0.25, 0.3) is 0 Å². The number of likely N-dealkylation sites (tertiary alicyclic amines) is 1. The third kappa shape index (κ3) is 2.41. The van der Waals surface area contributed by atoms with E-state index < -0.39 is 0 Å². The SMILES string of the molecule is CN1C(C)(C)CC([Si]2CCNC2(C)C)CC1(C)C. The molecule has 0 saturated carbocycles. The van der Waals surface area contributed by atoms with E-state index in [4.69, 9.17) is 0 Å². The fourth-order valence-corrected chi connectivity index (χ4v) is 8.56. The van der Waals surface area contributed by atoms with Gasteiger partial charge in [0.05, 0.1) is 8.80 Å². The van der Waals surface area contributed by atoms with Crippen LogP contribution in [0.15, 0.2) is 0 Å². The van der Waals surface area contributed by atoms with E-state index in [0.717, 1.165) is 5.54 Å². The van der Waals surface area contributed by atoms with Crippen LogP contribution in [0.2, 0.25) is 11.6 Å². The molecule has 0 aromatic heterocycles. The number of nitrogens with zero attached hydrogens (tertiary/aromatic N) is 1. The van der Waals surface area contributed by atoms with Crippen molar-refractivity contribution < 1.29 is 0 Å². The van der Waals surface area contributed by atoms with Gasteiger partial charge in [-0.3, -0.25) is 4.90 Å². The number of rotatable bonds is 1. The Morgan fingerprint density at radius 3 is 1.89 bits per heavy atom. The molecule has 0 unspecified atom stereocenters. The smallest absolute Gasteiger partial charge is 0.0769 e. The molecule has 0 aromatic rings. The lowest BCUT2D eigenvalue weighted by molar-refractivity contribution is -0.00282. The first-order valence-corrected chi connectivity index (χ1v) is 9.20. The first-order valence-electron chi connectivity index (χ1n) is 7.41. The summed E-state index contributed by atoms with van der Waals surface area (Å²) in [6.45, 7) is 15.8. The highest BCUT2D eigenvalue weighted by Crippen LogP contribution is 2.47. The summed E-state index contributed by atoms with van der Waals surface area (Å²) in [4.78, 5) is 2.61. The Kier molecular flexibility index (Phi) is 3.49. The van der Waals surface area contributed by atoms with Gasteiger partial charge in [-0.25, -0.2) is 0 Å². The molecule has 1 N–H and O–H groups in total. The third-order valence-electron chi connectivity index (χ3n) is 5.56. The van der Waals surface area contributed by atoms with Gasteiger partial charge in [-0.2, -0.15) is 0 Å². The summed E-state index contributed by atoms with van der Waals surface area (Å²) in [5.41, 5.74) is 1.66. The van der Waals surface area contributed by atoms with Gasteiger partial charge in [-0.15, -0.1) is 0 Å². The predicted octanol–water partition coefficient (Wildman–Crippen LogP) is 3.06. The van der Waals surface area contributed by atoms with Crippen molar-refractivity contribution in [3.05, 3.63) is 0 Å². The zero-order valence-corrected chi connectivity index (χ0v) is 14.4. The Hall–Kier alpha value is 0.137. The van der Waals surface area contributed by atoms with Crippen molar-refractivity contribution in [1.82, 2.24) is 10.2 Å². The van der Waals surface area contributed by atoms with Crippen molar-refractivity contribution in [2.75, 3.05) is 13.6 Å². The molecule has 1 radical (unpaired) electrons. The summed E-state index contributed by atoms with van der Waals surface area (Å²) in [5.74, 6) is 0. The monoisotopic (exact) mass is 267 g/mol. The van der Waals surface area contributed by atoms with Crippen LogP contribution >= 0.6 is 0 Å². The average molecular weight is 268 g/mol. The Morgan fingerprint density at radius 1 is 1.00 bits per heavy atom. The van der Waals surface area contributed by atoms with Crippen LogP contribution < -0.4 is 5.32 Å². The average Bonchev–Trinajstić information content (AvgIpc) is 2.53. The Bertz CT molecular complexity index is 304. The van der Waals surface area contributed by atoms with Crippen molar-refractivity contribution in [3.8, 4) is 0 Å². The van der Waals surface area contributed by atoms with E-state index in [9.17, 15) is 0 Å². The molecule has 0 aromatic carbocycles. The molecule has 2 saturated heterocycles. The van der Waals surface area contributed by atoms with E-state index in [-0.39, 0.29) is 8.80 Å². The molecule has 0 atom stereocenters. The van der Waals surface area contributed by atoms with Gasteiger partial charge in [0, 0.05) is 16.2 Å². The van der Waals surface area contributed by atoms with Crippen LogP contribution in [0, 0.1) is 0 Å². The van der Waals surface area contributed by atoms with Gasteiger partial charge < -0.3 is 5.32 Å². The quantitative estimate of drug-likeness (QED) is 0.735. The van der Waals surface area contributed by atoms with Gasteiger partial charge >= 0.3 is 0 Å². The van der Waals surface area contributed by atoms with E-state index >= 15 is 0 Å². The standard InChI is InChI=1S/C15H31N2Si/c1-13(2)10-12(11-14(3,4)17(13)7)18-9-8-16-15(18,5)6/h12,16H,8-11H2,1-7H3. The van der Waals surface area contributed by atoms with Gasteiger partial charge in [0.1, 0.15) is 0 Å². The third-order valence-corrected chi connectivity index (χ3v) is 9.53. The van der Waals surface area contributed by atoms with Crippen molar-refractivity contribution in [2.24, 2.45) is 0 Å². The van der Waals surface area contributed by atoms with E-state index in [1.807, 2.05) is 0 Å². The highest BCUT2D eigenvalue weighted by atomic mass is 28.3. The maximum atomic E-state index is 3.74. The van der Waals surface area contributed by atoms with Crippen molar-refractivity contribution >= 4 is 8.80 Å². The van der Waals surface area contributed by atoms with E-state index in [1.54, 1.807) is 0 Å². The lowest BCUT2D eigenvalue weighted by Crippen LogP contribution is -2.61. The largest absolute Gasteiger partial charge is 0.315 e. The first kappa shape index (κ1) is 14.5. The Labute approximate surface area is 115 Å². The van der Waals surface area contributed by atoms with Crippen LogP contribution in [-0.4, -0.2) is 43.5 Å². The fraction of sp³-hybridized carbons (Fsp3) is 1.00. The zero-order valence-electron chi connectivity index (χ0n) is 13.4. The molecule has 2 heterocycles. The molecular weight excluding hydrogens is 236 g/mol. The molecule has 3 heteroatoms. The van der Waals surface area contributed by atoms with Crippen LogP contribution in [-0.2, 0) is 0 Å². The molecule has 0 spiro atoms. The molecule has 2 fully saturated rings. The molecular formula is C15H31N2Si. The molecule has 2 aliphatic rings. The normalized spacial score (nSPS) is 32.8. The topological polar surface area (TPSA) is 15.3 Å². The second-order valence-electron chi connectivity index (χ2n) is 8.12. The number of piperidine rings is 1. The molecule has 0 aliphatic carbocycles. The van der Waals surface area contributed by atoms with Gasteiger partial charge in [-0.05, 0) is 65.7 Å². The van der Waals surface area contributed by atoms with Crippen molar-refractivity contribution in [2.45, 2.75) is 82.2 Å². The van der Waals surface area contributed by atoms with Crippen LogP contribution in [0.25, 0.3) is 0 Å². The minimum atomic E-state index is -0.291. The Morgan fingerprint density at radius 2 is 1.50 bits per heavy atom. The van der Waals surface area contributed by atoms with Gasteiger partial charge in [0.15, 0.2) is 0 Å². The lowest BCUT2D eigenvalue weighted by atomic mass is 9.80.